The molecule has 0 aromatic heterocycles. The quantitative estimate of drug-likeness (QED) is 0.0158. The fourth-order valence-electron chi connectivity index (χ4n) is 10.8. The summed E-state index contributed by atoms with van der Waals surface area (Å²) >= 11 is 10.8. The second kappa shape index (κ2) is 41.0. The van der Waals surface area contributed by atoms with Crippen LogP contribution < -0.4 is 59.3 Å². The Kier molecular flexibility index (Phi) is 35.0. The Morgan fingerprint density at radius 2 is 1.04 bits per heavy atom. The Morgan fingerprint density at radius 1 is 0.550 bits per heavy atom. The maximum absolute atomic E-state index is 14.8. The topological polar surface area (TPSA) is 540 Å². The van der Waals surface area contributed by atoms with Crippen LogP contribution in [0.1, 0.15) is 128 Å². The molecule has 0 bridgehead atoms. The highest BCUT2D eigenvalue weighted by atomic mass is 32.1. The summed E-state index contributed by atoms with van der Waals surface area (Å²) in [4.78, 5) is 210. The summed E-state index contributed by atoms with van der Waals surface area (Å²) in [7, 11) is 0. The molecule has 14 N–H and O–H groups in total. The number of carboxylic acids is 1. The molecule has 40 heteroatoms. The first-order valence-electron chi connectivity index (χ1n) is 31.8. The highest BCUT2D eigenvalue weighted by Gasteiger charge is 2.55. The van der Waals surface area contributed by atoms with Crippen molar-refractivity contribution in [3.63, 3.8) is 0 Å². The summed E-state index contributed by atoms with van der Waals surface area (Å²) in [5.74, 6) is -15.5. The molecule has 0 aromatic carbocycles. The van der Waals surface area contributed by atoms with Gasteiger partial charge >= 0.3 is 35.8 Å². The number of nitrogens with two attached hydrogens (primary N) is 2. The van der Waals surface area contributed by atoms with E-state index in [-0.39, 0.29) is 41.7 Å². The van der Waals surface area contributed by atoms with Crippen molar-refractivity contribution in [2.75, 3.05) is 32.8 Å². The first-order valence-corrected chi connectivity index (χ1v) is 32.6. The molecule has 0 spiro atoms. The number of carboxylic acid groups (broad SMARTS) is 1. The van der Waals surface area contributed by atoms with Crippen molar-refractivity contribution in [1.29, 1.82) is 0 Å². The van der Waals surface area contributed by atoms with E-state index in [1.807, 2.05) is 0 Å². The molecule has 3 saturated heterocycles. The largest absolute Gasteiger partial charge is 0.481 e. The van der Waals surface area contributed by atoms with E-state index < -0.39 is 244 Å². The van der Waals surface area contributed by atoms with Crippen molar-refractivity contribution in [2.45, 2.75) is 232 Å². The molecule has 10 amide bonds. The molecule has 0 saturated carbocycles. The minimum absolute atomic E-state index is 0.0196. The zero-order chi connectivity index (χ0) is 75.6. The molecule has 0 aromatic rings. The number of nitrogens with zero attached hydrogens (tertiary/aromatic N) is 1. The van der Waals surface area contributed by atoms with E-state index in [1.165, 1.54) is 27.7 Å². The number of aliphatic carboxylic acids is 1. The van der Waals surface area contributed by atoms with Gasteiger partial charge < -0.3 is 112 Å². The molecule has 100 heavy (non-hydrogen) atoms. The van der Waals surface area contributed by atoms with E-state index in [2.05, 4.69) is 47.9 Å². The molecule has 0 aliphatic carbocycles. The average molecular weight is 1460 g/mol. The van der Waals surface area contributed by atoms with E-state index in [0.29, 0.717) is 6.42 Å². The number of hydrogen-bond donors (Lipinski definition) is 12. The van der Waals surface area contributed by atoms with Crippen LogP contribution >= 0.6 is 24.4 Å². The second-order valence-corrected chi connectivity index (χ2v) is 25.3. The maximum atomic E-state index is 14.8. The van der Waals surface area contributed by atoms with Gasteiger partial charge in [0, 0.05) is 60.9 Å². The van der Waals surface area contributed by atoms with Gasteiger partial charge in [0.2, 0.25) is 59.1 Å². The lowest BCUT2D eigenvalue weighted by Gasteiger charge is -2.48. The summed E-state index contributed by atoms with van der Waals surface area (Å²) in [5.41, 5.74) is 10.7. The van der Waals surface area contributed by atoms with Gasteiger partial charge in [-0.25, -0.2) is 0 Å². The first kappa shape index (κ1) is 85.4. The van der Waals surface area contributed by atoms with Crippen LogP contribution in [0, 0.1) is 5.92 Å². The number of carbonyl (C=O) groups is 16. The number of ether oxygens (including phenoxy) is 9. The number of carbonyl (C=O) groups excluding carboxylic acids is 15. The van der Waals surface area contributed by atoms with Crippen LogP contribution in [-0.2, 0) is 119 Å². The van der Waals surface area contributed by atoms with E-state index in [0.717, 1.165) is 46.4 Å². The fraction of sp³-hybridized carbons (Fsp3) is 0.700. The van der Waals surface area contributed by atoms with Crippen molar-refractivity contribution in [1.82, 2.24) is 52.8 Å². The third-order valence-corrected chi connectivity index (χ3v) is 15.2. The van der Waals surface area contributed by atoms with Crippen molar-refractivity contribution in [3.05, 3.63) is 0 Å². The summed E-state index contributed by atoms with van der Waals surface area (Å²) in [6, 6.07) is -12.2. The summed E-state index contributed by atoms with van der Waals surface area (Å²) in [5, 5.41) is 31.9. The number of nitrogens with one attached hydrogen (secondary N) is 9. The van der Waals surface area contributed by atoms with Gasteiger partial charge in [-0.3, -0.25) is 76.7 Å². The van der Waals surface area contributed by atoms with Gasteiger partial charge in [0.05, 0.1) is 35.8 Å². The molecular weight excluding hydrogens is 1370 g/mol. The Hall–Kier alpha value is -8.86. The Labute approximate surface area is 586 Å². The van der Waals surface area contributed by atoms with Gasteiger partial charge in [-0.1, -0.05) is 38.3 Å². The van der Waals surface area contributed by atoms with Gasteiger partial charge in [-0.05, 0) is 65.7 Å². The standard InChI is InChI=1S/C60H92N12O26S2/c1-25(2)20-38(70-54(85)36(66-28(5)73)16-18-45(82)83)56(87)65-26(3)53(84)69-37(15-17-42(61)79)55(86)71-46(58(89)64-22-44(81)72-19-13-14-39(72)57(88)63-21-43(62)80)27(4)92-60-48(68-30(7)100)52(96-35(12)78)50(94-33(10)76)41(98-60)24-91-59-47(67-29(6)99)51(95-34(11)77)49(93-32(9)75)40(97-59)23-90-31(8)74/h25-27,36-41,46-52,59-60H,13-24H2,1-12H3,(H2,61,79)(H2,62,80)(H,63,88)(H,64,89)(H,65,87)(H,66,73)(H,67,99)(H,68,100)(H,69,84)(H,70,85)(H,71,86)(H,82,83)/t26-,27+,36-,37-,38-,39-,40+,41+,46-,47+,48+,49-,50-,51+,52+,59-,60-/m0/s1. The Balaban J connectivity index is 2.21. The minimum Gasteiger partial charge on any atom is -0.481 e. The molecule has 3 rings (SSSR count). The number of hydrogen-bond acceptors (Lipinski definition) is 27. The Bertz CT molecular complexity index is 3040. The molecule has 560 valence electrons. The first-order chi connectivity index (χ1) is 46.7. The van der Waals surface area contributed by atoms with Crippen molar-refractivity contribution >= 4 is 129 Å². The van der Waals surface area contributed by atoms with Crippen LogP contribution in [0.25, 0.3) is 0 Å². The van der Waals surface area contributed by atoms with Crippen molar-refractivity contribution in [2.24, 2.45) is 17.4 Å². The van der Waals surface area contributed by atoms with Gasteiger partial charge in [-0.2, -0.15) is 0 Å². The number of likely N-dealkylation sites (tertiary alicyclic amines) is 1. The molecular formula is C60H92N12O26S2. The molecule has 3 aliphatic heterocycles. The minimum atomic E-state index is -2.03. The molecule has 3 heterocycles. The van der Waals surface area contributed by atoms with Gasteiger partial charge in [0.1, 0.15) is 67.1 Å². The highest BCUT2D eigenvalue weighted by molar-refractivity contribution is 7.80. The monoisotopic (exact) mass is 1460 g/mol. The molecule has 0 radical (unpaired) electrons. The number of thiocarbonyl (C=S) groups is 2. The normalized spacial score (nSPS) is 23.4. The van der Waals surface area contributed by atoms with Crippen LogP contribution in [0.5, 0.6) is 0 Å². The second-order valence-electron chi connectivity index (χ2n) is 24.1. The number of esters is 5. The number of primary amides is 2. The maximum Gasteiger partial charge on any atom is 0.303 e. The lowest BCUT2D eigenvalue weighted by atomic mass is 9.95. The van der Waals surface area contributed by atoms with Crippen molar-refractivity contribution in [3.8, 4) is 0 Å². The predicted molar refractivity (Wildman–Crippen MR) is 349 cm³/mol. The van der Waals surface area contributed by atoms with Gasteiger partial charge in [0.25, 0.3) is 0 Å². The SMILES string of the molecule is CC(=O)N[C@@H](CCC(=O)O)C(=O)N[C@@H](CC(C)C)C(=O)N[C@@H](C)C(=O)N[C@@H](CCC(N)=O)C(=O)N[C@H](C(=O)NCC(=O)N1CCC[C@H]1C(=O)NCC(N)=O)[C@@H](C)O[C@H]1O[C@H](CO[C@H]2O[C@H](COC(C)=O)[C@H](OC(C)=O)[C@H](OC(C)=O)[C@H]2NC(C)=S)[C@H](OC(C)=O)[C@H](OC(C)=O)[C@H]1NC(C)=S. The Morgan fingerprint density at radius 3 is 1.54 bits per heavy atom. The van der Waals surface area contributed by atoms with E-state index in [9.17, 15) is 81.8 Å². The summed E-state index contributed by atoms with van der Waals surface area (Å²) in [6.45, 7) is 12.2. The summed E-state index contributed by atoms with van der Waals surface area (Å²) in [6.07, 6.45) is -16.3. The third kappa shape index (κ3) is 28.8. The van der Waals surface area contributed by atoms with Crippen LogP contribution in [0.2, 0.25) is 0 Å². The zero-order valence-corrected chi connectivity index (χ0v) is 59.1. The predicted octanol–water partition coefficient (Wildman–Crippen LogP) is -4.89. The van der Waals surface area contributed by atoms with Gasteiger partial charge in [-0.15, -0.1) is 0 Å². The highest BCUT2D eigenvalue weighted by Crippen LogP contribution is 2.33. The number of rotatable bonds is 37. The molecule has 3 aliphatic rings. The third-order valence-electron chi connectivity index (χ3n) is 15.0. The van der Waals surface area contributed by atoms with E-state index in [1.54, 1.807) is 13.8 Å². The average Bonchev–Trinajstić information content (AvgIpc) is 0.933. The lowest BCUT2D eigenvalue weighted by Crippen LogP contribution is -2.69. The number of amides is 10. The van der Waals surface area contributed by atoms with E-state index >= 15 is 0 Å². The molecule has 38 nitrogen and oxygen atoms in total. The zero-order valence-electron chi connectivity index (χ0n) is 57.4. The lowest BCUT2D eigenvalue weighted by molar-refractivity contribution is -0.311. The fourth-order valence-corrected chi connectivity index (χ4v) is 11.0. The van der Waals surface area contributed by atoms with E-state index in [4.69, 9.17) is 78.5 Å². The summed E-state index contributed by atoms with van der Waals surface area (Å²) < 4.78 is 53.7. The van der Waals surface area contributed by atoms with Crippen LogP contribution in [0.15, 0.2) is 0 Å². The van der Waals surface area contributed by atoms with Crippen LogP contribution in [0.3, 0.4) is 0 Å². The van der Waals surface area contributed by atoms with Gasteiger partial charge in [0.15, 0.2) is 37.0 Å². The molecule has 3 fully saturated rings. The molecule has 17 atom stereocenters. The van der Waals surface area contributed by atoms with Crippen LogP contribution in [0.4, 0.5) is 0 Å². The molecule has 0 unspecified atom stereocenters. The van der Waals surface area contributed by atoms with Crippen molar-refractivity contribution < 1.29 is 124 Å². The smallest absolute Gasteiger partial charge is 0.303 e. The van der Waals surface area contributed by atoms with Crippen LogP contribution in [-0.4, -0.2) is 251 Å².